The van der Waals surface area contributed by atoms with Crippen molar-refractivity contribution in [2.45, 2.75) is 10.6 Å². The fraction of sp³-hybridized carbons (Fsp3) is 0.0714. The summed E-state index contributed by atoms with van der Waals surface area (Å²) in [7, 11) is 0. The molecule has 2 rings (SSSR count). The minimum atomic E-state index is -0.471. The van der Waals surface area contributed by atoms with Crippen LogP contribution in [0.5, 0.6) is 0 Å². The first-order valence-corrected chi connectivity index (χ1v) is 6.52. The Labute approximate surface area is 114 Å². The Morgan fingerprint density at radius 3 is 2.53 bits per heavy atom. The Balaban J connectivity index is 2.20. The van der Waals surface area contributed by atoms with E-state index in [2.05, 4.69) is 0 Å². The maximum Gasteiger partial charge on any atom is 0.270 e. The van der Waals surface area contributed by atoms with E-state index < -0.39 is 4.92 Å². The van der Waals surface area contributed by atoms with Crippen molar-refractivity contribution in [2.75, 3.05) is 0 Å². The maximum absolute atomic E-state index is 10.8. The highest BCUT2D eigenvalue weighted by atomic mass is 32.2. The highest BCUT2D eigenvalue weighted by Gasteiger charge is 2.11. The van der Waals surface area contributed by atoms with Crippen molar-refractivity contribution in [3.05, 3.63) is 69.8 Å². The molecule has 2 aromatic carbocycles. The van der Waals surface area contributed by atoms with Gasteiger partial charge >= 0.3 is 0 Å². The molecule has 1 radical (unpaired) electrons. The second-order valence-electron chi connectivity index (χ2n) is 3.81. The van der Waals surface area contributed by atoms with Crippen molar-refractivity contribution in [3.63, 3.8) is 0 Å². The Morgan fingerprint density at radius 2 is 1.89 bits per heavy atom. The molecular formula is C14H10NO3S. The van der Waals surface area contributed by atoms with Gasteiger partial charge in [0.2, 0.25) is 6.29 Å². The van der Waals surface area contributed by atoms with E-state index in [1.807, 2.05) is 30.3 Å². The van der Waals surface area contributed by atoms with Crippen LogP contribution in [0.25, 0.3) is 0 Å². The van der Waals surface area contributed by atoms with Crippen molar-refractivity contribution in [3.8, 4) is 0 Å². The summed E-state index contributed by atoms with van der Waals surface area (Å²) in [5, 5.41) is 10.7. The number of non-ortho nitro benzene ring substituents is 1. The lowest BCUT2D eigenvalue weighted by Crippen LogP contribution is -1.92. The number of rotatable bonds is 5. The molecule has 0 bridgehead atoms. The Kier molecular flexibility index (Phi) is 4.30. The van der Waals surface area contributed by atoms with Gasteiger partial charge in [0, 0.05) is 28.3 Å². The molecular weight excluding hydrogens is 262 g/mol. The summed E-state index contributed by atoms with van der Waals surface area (Å²) < 4.78 is 0. The first-order valence-electron chi connectivity index (χ1n) is 5.54. The lowest BCUT2D eigenvalue weighted by molar-refractivity contribution is -0.385. The van der Waals surface area contributed by atoms with Crippen molar-refractivity contribution >= 4 is 23.7 Å². The van der Waals surface area contributed by atoms with E-state index in [1.54, 1.807) is 6.29 Å². The van der Waals surface area contributed by atoms with Crippen molar-refractivity contribution in [1.82, 2.24) is 0 Å². The molecule has 0 amide bonds. The van der Waals surface area contributed by atoms with Gasteiger partial charge in [-0.2, -0.15) is 0 Å². The molecule has 19 heavy (non-hydrogen) atoms. The fourth-order valence-corrected chi connectivity index (χ4v) is 2.55. The Morgan fingerprint density at radius 1 is 1.16 bits per heavy atom. The van der Waals surface area contributed by atoms with Crippen molar-refractivity contribution < 1.29 is 9.72 Å². The SMILES string of the molecule is O=[C]c1ccc([N+](=O)[O-])cc1SCc1ccccc1. The molecule has 0 spiro atoms. The summed E-state index contributed by atoms with van der Waals surface area (Å²) in [4.78, 5) is 21.6. The topological polar surface area (TPSA) is 60.2 Å². The van der Waals surface area contributed by atoms with Gasteiger partial charge in [0.05, 0.1) is 4.92 Å². The summed E-state index contributed by atoms with van der Waals surface area (Å²) in [6, 6.07) is 13.9. The molecule has 0 fully saturated rings. The first-order chi connectivity index (χ1) is 9.20. The van der Waals surface area contributed by atoms with E-state index in [1.165, 1.54) is 30.0 Å². The van der Waals surface area contributed by atoms with Crippen LogP contribution in [0, 0.1) is 10.1 Å². The molecule has 0 unspecified atom stereocenters. The predicted molar refractivity (Wildman–Crippen MR) is 73.9 cm³/mol. The molecule has 0 aromatic heterocycles. The van der Waals surface area contributed by atoms with Gasteiger partial charge in [0.25, 0.3) is 5.69 Å². The number of nitrogens with zero attached hydrogens (tertiary/aromatic N) is 1. The van der Waals surface area contributed by atoms with Crippen LogP contribution >= 0.6 is 11.8 Å². The van der Waals surface area contributed by atoms with Crippen LogP contribution in [-0.4, -0.2) is 11.2 Å². The normalized spacial score (nSPS) is 10.1. The molecule has 0 atom stereocenters. The van der Waals surface area contributed by atoms with Gasteiger partial charge in [-0.05, 0) is 11.6 Å². The molecule has 0 saturated carbocycles. The van der Waals surface area contributed by atoms with E-state index in [9.17, 15) is 14.9 Å². The monoisotopic (exact) mass is 272 g/mol. The number of carbonyl (C=O) groups excluding carboxylic acids is 1. The third kappa shape index (κ3) is 3.42. The van der Waals surface area contributed by atoms with Crippen LogP contribution < -0.4 is 0 Å². The van der Waals surface area contributed by atoms with Gasteiger partial charge in [0.15, 0.2) is 0 Å². The van der Waals surface area contributed by atoms with Crippen LogP contribution in [0.3, 0.4) is 0 Å². The third-order valence-electron chi connectivity index (χ3n) is 2.52. The second kappa shape index (κ2) is 6.15. The molecule has 0 saturated heterocycles. The van der Waals surface area contributed by atoms with Crippen LogP contribution in [0.1, 0.15) is 11.1 Å². The van der Waals surface area contributed by atoms with Crippen LogP contribution in [0.15, 0.2) is 53.4 Å². The zero-order valence-electron chi connectivity index (χ0n) is 9.91. The summed E-state index contributed by atoms with van der Waals surface area (Å²) in [6.45, 7) is 0. The van der Waals surface area contributed by atoms with E-state index in [4.69, 9.17) is 0 Å². The fourth-order valence-electron chi connectivity index (χ4n) is 1.56. The maximum atomic E-state index is 10.8. The van der Waals surface area contributed by atoms with Gasteiger partial charge in [-0.25, -0.2) is 0 Å². The number of benzene rings is 2. The summed E-state index contributed by atoms with van der Waals surface area (Å²) in [6.07, 6.45) is 1.80. The summed E-state index contributed by atoms with van der Waals surface area (Å²) >= 11 is 1.39. The van der Waals surface area contributed by atoms with Gasteiger partial charge in [0.1, 0.15) is 0 Å². The standard InChI is InChI=1S/C14H10NO3S/c16-9-12-6-7-13(15(17)18)8-14(12)19-10-11-4-2-1-3-5-11/h1-8H,10H2. The van der Waals surface area contributed by atoms with E-state index in [-0.39, 0.29) is 5.69 Å². The summed E-state index contributed by atoms with van der Waals surface area (Å²) in [5.41, 5.74) is 1.43. The number of thioether (sulfide) groups is 1. The lowest BCUT2D eigenvalue weighted by atomic mass is 10.2. The highest BCUT2D eigenvalue weighted by molar-refractivity contribution is 7.98. The molecule has 0 aliphatic rings. The molecule has 0 aliphatic carbocycles. The highest BCUT2D eigenvalue weighted by Crippen LogP contribution is 2.28. The van der Waals surface area contributed by atoms with E-state index >= 15 is 0 Å². The smallest absolute Gasteiger partial charge is 0.270 e. The molecule has 5 heteroatoms. The minimum Gasteiger partial charge on any atom is -0.285 e. The number of hydrogen-bond donors (Lipinski definition) is 0. The first kappa shape index (κ1) is 13.3. The van der Waals surface area contributed by atoms with Gasteiger partial charge in [-0.1, -0.05) is 30.3 Å². The zero-order chi connectivity index (χ0) is 13.7. The molecule has 95 valence electrons. The zero-order valence-corrected chi connectivity index (χ0v) is 10.7. The quantitative estimate of drug-likeness (QED) is 0.476. The van der Waals surface area contributed by atoms with Gasteiger partial charge in [-0.3, -0.25) is 14.9 Å². The van der Waals surface area contributed by atoms with Crippen molar-refractivity contribution in [1.29, 1.82) is 0 Å². The molecule has 0 heterocycles. The van der Waals surface area contributed by atoms with Crippen molar-refractivity contribution in [2.24, 2.45) is 0 Å². The molecule has 4 nitrogen and oxygen atoms in total. The third-order valence-corrected chi connectivity index (χ3v) is 3.65. The average molecular weight is 272 g/mol. The molecule has 0 aliphatic heterocycles. The number of hydrogen-bond acceptors (Lipinski definition) is 4. The largest absolute Gasteiger partial charge is 0.285 e. The Hall–Kier alpha value is -2.14. The van der Waals surface area contributed by atoms with Gasteiger partial charge < -0.3 is 0 Å². The number of nitro benzene ring substituents is 1. The van der Waals surface area contributed by atoms with E-state index in [0.29, 0.717) is 16.2 Å². The van der Waals surface area contributed by atoms with Gasteiger partial charge in [-0.15, -0.1) is 11.8 Å². The number of nitro groups is 1. The van der Waals surface area contributed by atoms with Crippen LogP contribution in [0.2, 0.25) is 0 Å². The molecule has 0 N–H and O–H groups in total. The van der Waals surface area contributed by atoms with Crippen LogP contribution in [0.4, 0.5) is 5.69 Å². The van der Waals surface area contributed by atoms with E-state index in [0.717, 1.165) is 5.56 Å². The summed E-state index contributed by atoms with van der Waals surface area (Å²) in [5.74, 6) is 0.649. The Bertz CT molecular complexity index is 599. The molecule has 2 aromatic rings. The second-order valence-corrected chi connectivity index (χ2v) is 4.83. The predicted octanol–water partition coefficient (Wildman–Crippen LogP) is 3.34. The average Bonchev–Trinajstić information content (AvgIpc) is 2.45. The lowest BCUT2D eigenvalue weighted by Gasteiger charge is -2.04. The minimum absolute atomic E-state index is 0.0189. The van der Waals surface area contributed by atoms with Crippen LogP contribution in [-0.2, 0) is 10.5 Å².